The van der Waals surface area contributed by atoms with Crippen molar-refractivity contribution in [3.05, 3.63) is 63.6 Å². The first kappa shape index (κ1) is 24.7. The fourth-order valence-corrected chi connectivity index (χ4v) is 2.86. The highest BCUT2D eigenvalue weighted by atomic mass is 35.5. The van der Waals surface area contributed by atoms with Gasteiger partial charge < -0.3 is 14.8 Å². The van der Waals surface area contributed by atoms with E-state index in [0.717, 1.165) is 5.56 Å². The van der Waals surface area contributed by atoms with Crippen LogP contribution in [0.15, 0.2) is 47.6 Å². The van der Waals surface area contributed by atoms with Crippen molar-refractivity contribution in [1.82, 2.24) is 10.7 Å². The van der Waals surface area contributed by atoms with Crippen LogP contribution in [0.1, 0.15) is 31.4 Å². The molecule has 2 amide bonds. The summed E-state index contributed by atoms with van der Waals surface area (Å²) >= 11 is 12.1. The maximum atomic E-state index is 11.8. The third kappa shape index (κ3) is 8.96. The molecule has 0 aliphatic heterocycles. The number of halogens is 2. The van der Waals surface area contributed by atoms with Crippen molar-refractivity contribution in [1.29, 1.82) is 0 Å². The molecule has 2 aromatic rings. The molecule has 0 aliphatic rings. The predicted molar refractivity (Wildman–Crippen MR) is 122 cm³/mol. The number of nitrogens with zero attached hydrogens (tertiary/aromatic N) is 1. The summed E-state index contributed by atoms with van der Waals surface area (Å²) in [4.78, 5) is 23.6. The monoisotopic (exact) mass is 465 g/mol. The number of hydrazone groups is 1. The Balaban J connectivity index is 1.84. The quantitative estimate of drug-likeness (QED) is 0.240. The number of benzene rings is 2. The molecule has 0 bridgehead atoms. The lowest BCUT2D eigenvalue weighted by atomic mass is 10.2. The molecule has 7 nitrogen and oxygen atoms in total. The summed E-state index contributed by atoms with van der Waals surface area (Å²) in [5, 5.41) is 7.41. The van der Waals surface area contributed by atoms with Crippen LogP contribution in [0.4, 0.5) is 0 Å². The SMILES string of the molecule is CC(C)OCCCNC(=O)C(=O)N/N=C\c1ccccc1OCc1ccc(Cl)cc1Cl. The van der Waals surface area contributed by atoms with Crippen LogP contribution in [0.3, 0.4) is 0 Å². The van der Waals surface area contributed by atoms with E-state index in [-0.39, 0.29) is 12.7 Å². The fourth-order valence-electron chi connectivity index (χ4n) is 2.40. The third-order valence-electron chi connectivity index (χ3n) is 3.95. The highest BCUT2D eigenvalue weighted by Crippen LogP contribution is 2.23. The van der Waals surface area contributed by atoms with Gasteiger partial charge in [0.25, 0.3) is 0 Å². The van der Waals surface area contributed by atoms with Gasteiger partial charge in [0, 0.05) is 34.3 Å². The number of hydrogen-bond acceptors (Lipinski definition) is 5. The molecule has 0 heterocycles. The number of carbonyl (C=O) groups excluding carboxylic acids is 2. The summed E-state index contributed by atoms with van der Waals surface area (Å²) in [5.41, 5.74) is 3.61. The summed E-state index contributed by atoms with van der Waals surface area (Å²) in [6.07, 6.45) is 2.15. The molecule has 31 heavy (non-hydrogen) atoms. The molecule has 0 aliphatic carbocycles. The number of para-hydroxylation sites is 1. The smallest absolute Gasteiger partial charge is 0.329 e. The van der Waals surface area contributed by atoms with E-state index >= 15 is 0 Å². The van der Waals surface area contributed by atoms with Gasteiger partial charge in [-0.15, -0.1) is 0 Å². The largest absolute Gasteiger partial charge is 0.488 e. The van der Waals surface area contributed by atoms with Crippen LogP contribution in [-0.2, 0) is 20.9 Å². The van der Waals surface area contributed by atoms with E-state index in [1.165, 1.54) is 6.21 Å². The van der Waals surface area contributed by atoms with Gasteiger partial charge in [0.2, 0.25) is 0 Å². The van der Waals surface area contributed by atoms with E-state index in [4.69, 9.17) is 32.7 Å². The predicted octanol–water partition coefficient (Wildman–Crippen LogP) is 3.95. The normalized spacial score (nSPS) is 11.0. The zero-order valence-corrected chi connectivity index (χ0v) is 18.9. The third-order valence-corrected chi connectivity index (χ3v) is 4.54. The molecule has 2 rings (SSSR count). The maximum Gasteiger partial charge on any atom is 0.329 e. The molecule has 0 radical (unpaired) electrons. The van der Waals surface area contributed by atoms with Crippen LogP contribution in [-0.4, -0.2) is 37.3 Å². The number of ether oxygens (including phenoxy) is 2. The number of carbonyl (C=O) groups is 2. The van der Waals surface area contributed by atoms with Gasteiger partial charge in [-0.25, -0.2) is 5.43 Å². The molecular formula is C22H25Cl2N3O4. The van der Waals surface area contributed by atoms with Gasteiger partial charge in [-0.1, -0.05) is 41.4 Å². The molecule has 0 unspecified atom stereocenters. The minimum atomic E-state index is -0.854. The number of nitrogens with one attached hydrogen (secondary N) is 2. The van der Waals surface area contributed by atoms with Gasteiger partial charge in [0.05, 0.1) is 12.3 Å². The van der Waals surface area contributed by atoms with E-state index in [1.54, 1.807) is 36.4 Å². The second-order valence-corrected chi connectivity index (χ2v) is 7.63. The fraction of sp³-hybridized carbons (Fsp3) is 0.318. The minimum Gasteiger partial charge on any atom is -0.488 e. The zero-order chi connectivity index (χ0) is 22.6. The Kier molecular flexibility index (Phi) is 10.3. The molecule has 0 fully saturated rings. The van der Waals surface area contributed by atoms with Crippen LogP contribution in [0.2, 0.25) is 10.0 Å². The lowest BCUT2D eigenvalue weighted by Gasteiger charge is -2.10. The second-order valence-electron chi connectivity index (χ2n) is 6.79. The van der Waals surface area contributed by atoms with Gasteiger partial charge in [-0.2, -0.15) is 5.10 Å². The molecule has 166 valence electrons. The molecule has 0 aromatic heterocycles. The lowest BCUT2D eigenvalue weighted by molar-refractivity contribution is -0.139. The summed E-state index contributed by atoms with van der Waals surface area (Å²) in [6, 6.07) is 12.3. The maximum absolute atomic E-state index is 11.8. The number of rotatable bonds is 10. The Morgan fingerprint density at radius 2 is 1.90 bits per heavy atom. The molecule has 0 saturated carbocycles. The van der Waals surface area contributed by atoms with Crippen molar-refractivity contribution in [2.45, 2.75) is 33.0 Å². The van der Waals surface area contributed by atoms with Crippen molar-refractivity contribution in [3.63, 3.8) is 0 Å². The van der Waals surface area contributed by atoms with Crippen molar-refractivity contribution in [2.75, 3.05) is 13.2 Å². The lowest BCUT2D eigenvalue weighted by Crippen LogP contribution is -2.38. The van der Waals surface area contributed by atoms with Crippen LogP contribution in [0.25, 0.3) is 0 Å². The van der Waals surface area contributed by atoms with E-state index in [1.807, 2.05) is 19.9 Å². The standard InChI is InChI=1S/C22H25Cl2N3O4/c1-15(2)30-11-5-10-25-21(28)22(29)27-26-13-16-6-3-4-7-20(16)31-14-17-8-9-18(23)12-19(17)24/h3-4,6-9,12-13,15H,5,10-11,14H2,1-2H3,(H,25,28)(H,27,29)/b26-13-. The van der Waals surface area contributed by atoms with Crippen LogP contribution in [0.5, 0.6) is 5.75 Å². The second kappa shape index (κ2) is 12.9. The Labute approximate surface area is 191 Å². The van der Waals surface area contributed by atoms with E-state index in [2.05, 4.69) is 15.8 Å². The zero-order valence-electron chi connectivity index (χ0n) is 17.4. The van der Waals surface area contributed by atoms with Crippen LogP contribution in [0, 0.1) is 0 Å². The van der Waals surface area contributed by atoms with Gasteiger partial charge >= 0.3 is 11.8 Å². The van der Waals surface area contributed by atoms with E-state index in [0.29, 0.717) is 40.9 Å². The van der Waals surface area contributed by atoms with Crippen molar-refractivity contribution >= 4 is 41.2 Å². The summed E-state index contributed by atoms with van der Waals surface area (Å²) in [6.45, 7) is 4.94. The average molecular weight is 466 g/mol. The number of amides is 2. The Morgan fingerprint density at radius 3 is 2.65 bits per heavy atom. The van der Waals surface area contributed by atoms with Gasteiger partial charge in [-0.05, 0) is 44.5 Å². The molecular weight excluding hydrogens is 441 g/mol. The van der Waals surface area contributed by atoms with E-state index in [9.17, 15) is 9.59 Å². The molecule has 2 aromatic carbocycles. The number of hydrogen-bond donors (Lipinski definition) is 2. The Morgan fingerprint density at radius 1 is 1.13 bits per heavy atom. The van der Waals surface area contributed by atoms with Gasteiger partial charge in [0.15, 0.2) is 0 Å². The molecule has 9 heteroatoms. The summed E-state index contributed by atoms with van der Waals surface area (Å²) < 4.78 is 11.2. The highest BCUT2D eigenvalue weighted by molar-refractivity contribution is 6.35. The van der Waals surface area contributed by atoms with Crippen LogP contribution >= 0.6 is 23.2 Å². The van der Waals surface area contributed by atoms with Crippen molar-refractivity contribution in [3.8, 4) is 5.75 Å². The van der Waals surface area contributed by atoms with E-state index < -0.39 is 11.8 Å². The first-order chi connectivity index (χ1) is 14.9. The van der Waals surface area contributed by atoms with Crippen LogP contribution < -0.4 is 15.5 Å². The van der Waals surface area contributed by atoms with Crippen molar-refractivity contribution in [2.24, 2.45) is 5.10 Å². The molecule has 0 atom stereocenters. The first-order valence-corrected chi connectivity index (χ1v) is 10.5. The first-order valence-electron chi connectivity index (χ1n) is 9.75. The van der Waals surface area contributed by atoms with Gasteiger partial charge in [0.1, 0.15) is 12.4 Å². The Hall–Kier alpha value is -2.61. The molecule has 0 saturated heterocycles. The van der Waals surface area contributed by atoms with Crippen molar-refractivity contribution < 1.29 is 19.1 Å². The average Bonchev–Trinajstić information content (AvgIpc) is 2.73. The Bertz CT molecular complexity index is 919. The molecule has 0 spiro atoms. The topological polar surface area (TPSA) is 89.0 Å². The summed E-state index contributed by atoms with van der Waals surface area (Å²) in [7, 11) is 0. The minimum absolute atomic E-state index is 0.128. The summed E-state index contributed by atoms with van der Waals surface area (Å²) in [5.74, 6) is -1.07. The van der Waals surface area contributed by atoms with Gasteiger partial charge in [-0.3, -0.25) is 9.59 Å². The highest BCUT2D eigenvalue weighted by Gasteiger charge is 2.11. The molecule has 2 N–H and O–H groups in total.